The van der Waals surface area contributed by atoms with Crippen molar-refractivity contribution in [3.05, 3.63) is 29.6 Å². The van der Waals surface area contributed by atoms with Gasteiger partial charge >= 0.3 is 6.18 Å². The van der Waals surface area contributed by atoms with Gasteiger partial charge in [-0.25, -0.2) is 4.39 Å². The van der Waals surface area contributed by atoms with Crippen molar-refractivity contribution in [3.8, 4) is 0 Å². The Bertz CT molecular complexity index is 392. The van der Waals surface area contributed by atoms with Gasteiger partial charge in [-0.1, -0.05) is 0 Å². The topological polar surface area (TPSA) is 32.3 Å². The van der Waals surface area contributed by atoms with Crippen molar-refractivity contribution in [2.24, 2.45) is 0 Å². The second-order valence-corrected chi connectivity index (χ2v) is 4.10. The van der Waals surface area contributed by atoms with Gasteiger partial charge in [0.15, 0.2) is 0 Å². The van der Waals surface area contributed by atoms with E-state index < -0.39 is 17.6 Å². The number of nitrogens with one attached hydrogen (secondary N) is 1. The normalized spacial score (nSPS) is 13.4. The monoisotopic (exact) mass is 265 g/mol. The molecular formula is C12H15F4NO. The van der Waals surface area contributed by atoms with Crippen molar-refractivity contribution in [2.75, 3.05) is 11.9 Å². The van der Waals surface area contributed by atoms with Gasteiger partial charge in [0.25, 0.3) is 0 Å². The lowest BCUT2D eigenvalue weighted by molar-refractivity contribution is -0.137. The summed E-state index contributed by atoms with van der Waals surface area (Å²) in [7, 11) is 0. The first kappa shape index (κ1) is 14.8. The molecule has 0 radical (unpaired) electrons. The molecule has 1 aromatic carbocycles. The average molecular weight is 265 g/mol. The summed E-state index contributed by atoms with van der Waals surface area (Å²) < 4.78 is 50.4. The van der Waals surface area contributed by atoms with E-state index in [1.807, 2.05) is 0 Å². The lowest BCUT2D eigenvalue weighted by Crippen LogP contribution is -2.17. The number of halogens is 4. The quantitative estimate of drug-likeness (QED) is 0.799. The molecule has 0 amide bonds. The van der Waals surface area contributed by atoms with Crippen molar-refractivity contribution in [3.63, 3.8) is 0 Å². The highest BCUT2D eigenvalue weighted by molar-refractivity contribution is 5.47. The Morgan fingerprint density at radius 2 is 2.00 bits per heavy atom. The number of anilines is 1. The number of alkyl halides is 3. The summed E-state index contributed by atoms with van der Waals surface area (Å²) in [5, 5.41) is 11.4. The van der Waals surface area contributed by atoms with Crippen LogP contribution < -0.4 is 5.32 Å². The average Bonchev–Trinajstić information content (AvgIpc) is 2.27. The summed E-state index contributed by atoms with van der Waals surface area (Å²) in [6.45, 7) is 1.80. The van der Waals surface area contributed by atoms with E-state index in [0.717, 1.165) is 12.1 Å². The maximum absolute atomic E-state index is 13.5. The summed E-state index contributed by atoms with van der Waals surface area (Å²) >= 11 is 0. The zero-order valence-corrected chi connectivity index (χ0v) is 9.89. The molecule has 1 unspecified atom stereocenters. The van der Waals surface area contributed by atoms with Crippen molar-refractivity contribution in [2.45, 2.75) is 32.0 Å². The highest BCUT2D eigenvalue weighted by atomic mass is 19.4. The van der Waals surface area contributed by atoms with Crippen LogP contribution in [0.25, 0.3) is 0 Å². The fraction of sp³-hybridized carbons (Fsp3) is 0.500. The second-order valence-electron chi connectivity index (χ2n) is 4.10. The number of rotatable bonds is 5. The van der Waals surface area contributed by atoms with E-state index in [4.69, 9.17) is 5.11 Å². The smallest absolute Gasteiger partial charge is 0.396 e. The van der Waals surface area contributed by atoms with Crippen molar-refractivity contribution in [1.82, 2.24) is 0 Å². The van der Waals surface area contributed by atoms with E-state index in [-0.39, 0.29) is 18.3 Å². The van der Waals surface area contributed by atoms with E-state index in [0.29, 0.717) is 18.9 Å². The van der Waals surface area contributed by atoms with Gasteiger partial charge in [0, 0.05) is 12.6 Å². The van der Waals surface area contributed by atoms with Gasteiger partial charge in [-0.15, -0.1) is 0 Å². The van der Waals surface area contributed by atoms with E-state index in [2.05, 4.69) is 5.32 Å². The third kappa shape index (κ3) is 4.18. The van der Waals surface area contributed by atoms with E-state index in [1.54, 1.807) is 6.92 Å². The molecule has 1 rings (SSSR count). The molecule has 0 saturated heterocycles. The van der Waals surface area contributed by atoms with Gasteiger partial charge in [0.2, 0.25) is 0 Å². The van der Waals surface area contributed by atoms with Crippen LogP contribution in [-0.2, 0) is 6.18 Å². The molecule has 2 nitrogen and oxygen atoms in total. The molecule has 1 aromatic rings. The van der Waals surface area contributed by atoms with Gasteiger partial charge < -0.3 is 10.4 Å². The Balaban J connectivity index is 2.74. The summed E-state index contributed by atoms with van der Waals surface area (Å²) in [5.41, 5.74) is -0.970. The molecule has 18 heavy (non-hydrogen) atoms. The summed E-state index contributed by atoms with van der Waals surface area (Å²) in [6, 6.07) is 2.27. The Kier molecular flexibility index (Phi) is 4.95. The van der Waals surface area contributed by atoms with Gasteiger partial charge in [-0.05, 0) is 38.0 Å². The predicted octanol–water partition coefficient (Wildman–Crippen LogP) is 3.42. The maximum Gasteiger partial charge on any atom is 0.416 e. The summed E-state index contributed by atoms with van der Waals surface area (Å²) in [5.74, 6) is -0.930. The van der Waals surface area contributed by atoms with Crippen LogP contribution in [-0.4, -0.2) is 17.8 Å². The number of aliphatic hydroxyl groups excluding tert-OH is 1. The van der Waals surface area contributed by atoms with Crippen molar-refractivity contribution < 1.29 is 22.7 Å². The van der Waals surface area contributed by atoms with Crippen molar-refractivity contribution >= 4 is 5.69 Å². The van der Waals surface area contributed by atoms with Crippen LogP contribution >= 0.6 is 0 Å². The maximum atomic E-state index is 13.5. The van der Waals surface area contributed by atoms with Crippen LogP contribution in [0.4, 0.5) is 23.2 Å². The van der Waals surface area contributed by atoms with E-state index in [1.165, 1.54) is 0 Å². The van der Waals surface area contributed by atoms with Gasteiger partial charge in [0.05, 0.1) is 11.3 Å². The minimum absolute atomic E-state index is 0.0293. The molecule has 0 bridgehead atoms. The lowest BCUT2D eigenvalue weighted by Gasteiger charge is -2.16. The van der Waals surface area contributed by atoms with Crippen molar-refractivity contribution in [1.29, 1.82) is 0 Å². The largest absolute Gasteiger partial charge is 0.416 e. The minimum Gasteiger partial charge on any atom is -0.396 e. The molecule has 0 aliphatic rings. The van der Waals surface area contributed by atoms with Crippen LogP contribution in [0.5, 0.6) is 0 Å². The molecule has 1 atom stereocenters. The Morgan fingerprint density at radius 1 is 1.33 bits per heavy atom. The third-order valence-corrected chi connectivity index (χ3v) is 2.49. The molecule has 0 heterocycles. The van der Waals surface area contributed by atoms with Crippen LogP contribution in [0.1, 0.15) is 25.3 Å². The number of benzene rings is 1. The Labute approximate surface area is 103 Å². The first-order valence-corrected chi connectivity index (χ1v) is 5.58. The van der Waals surface area contributed by atoms with E-state index >= 15 is 0 Å². The van der Waals surface area contributed by atoms with Gasteiger partial charge in [0.1, 0.15) is 5.82 Å². The van der Waals surface area contributed by atoms with E-state index in [9.17, 15) is 17.6 Å². The number of hydrogen-bond donors (Lipinski definition) is 2. The molecule has 0 aliphatic carbocycles. The summed E-state index contributed by atoms with van der Waals surface area (Å²) in [6.07, 6.45) is -3.38. The molecular weight excluding hydrogens is 250 g/mol. The van der Waals surface area contributed by atoms with Crippen LogP contribution in [0.15, 0.2) is 18.2 Å². The van der Waals surface area contributed by atoms with Gasteiger partial charge in [-0.3, -0.25) is 0 Å². The highest BCUT2D eigenvalue weighted by Gasteiger charge is 2.31. The Morgan fingerprint density at radius 3 is 2.50 bits per heavy atom. The molecule has 0 saturated carbocycles. The second kappa shape index (κ2) is 6.04. The lowest BCUT2D eigenvalue weighted by atomic mass is 10.1. The Hall–Kier alpha value is -1.30. The fourth-order valence-electron chi connectivity index (χ4n) is 1.54. The number of aliphatic hydroxyl groups is 1. The predicted molar refractivity (Wildman–Crippen MR) is 60.8 cm³/mol. The van der Waals surface area contributed by atoms with Crippen LogP contribution in [0.3, 0.4) is 0 Å². The minimum atomic E-state index is -4.54. The van der Waals surface area contributed by atoms with Gasteiger partial charge in [-0.2, -0.15) is 13.2 Å². The summed E-state index contributed by atoms with van der Waals surface area (Å²) in [4.78, 5) is 0. The molecule has 0 spiro atoms. The SMILES string of the molecule is CC(CCCO)Nc1ccc(C(F)(F)F)cc1F. The first-order valence-electron chi connectivity index (χ1n) is 5.58. The third-order valence-electron chi connectivity index (χ3n) is 2.49. The fourth-order valence-corrected chi connectivity index (χ4v) is 1.54. The molecule has 2 N–H and O–H groups in total. The van der Waals surface area contributed by atoms with Crippen LogP contribution in [0, 0.1) is 5.82 Å². The van der Waals surface area contributed by atoms with Crippen LogP contribution in [0.2, 0.25) is 0 Å². The molecule has 6 heteroatoms. The first-order chi connectivity index (χ1) is 8.34. The molecule has 0 aliphatic heterocycles. The zero-order chi connectivity index (χ0) is 13.8. The molecule has 0 fully saturated rings. The zero-order valence-electron chi connectivity index (χ0n) is 9.89. The molecule has 102 valence electrons. The number of hydrogen-bond acceptors (Lipinski definition) is 2. The molecule has 0 aromatic heterocycles. The standard InChI is InChI=1S/C12H15F4NO/c1-8(3-2-6-18)17-11-5-4-9(7-10(11)13)12(14,15)16/h4-5,7-8,17-18H,2-3,6H2,1H3. The highest BCUT2D eigenvalue weighted by Crippen LogP contribution is 2.31.